The molecule has 31 heavy (non-hydrogen) atoms. The number of amides is 2. The molecule has 1 saturated heterocycles. The highest BCUT2D eigenvalue weighted by atomic mass is 32.2. The average Bonchev–Trinajstić information content (AvgIpc) is 2.76. The number of nitrogens with zero attached hydrogens (tertiary/aromatic N) is 2. The highest BCUT2D eigenvalue weighted by molar-refractivity contribution is 7.92. The van der Waals surface area contributed by atoms with Gasteiger partial charge in [-0.25, -0.2) is 17.6 Å². The number of carbonyl (C=O) groups excluding carboxylic acids is 1. The molecule has 0 bridgehead atoms. The number of anilines is 2. The fourth-order valence-corrected chi connectivity index (χ4v) is 4.65. The van der Waals surface area contributed by atoms with E-state index in [9.17, 15) is 17.6 Å². The maximum absolute atomic E-state index is 13.5. The Kier molecular flexibility index (Phi) is 5.90. The zero-order valence-corrected chi connectivity index (χ0v) is 17.6. The summed E-state index contributed by atoms with van der Waals surface area (Å²) in [6.45, 7) is 1.41. The summed E-state index contributed by atoms with van der Waals surface area (Å²) in [6.07, 6.45) is 0.751. The summed E-state index contributed by atoms with van der Waals surface area (Å²) in [7, 11) is -3.73. The average molecular weight is 440 g/mol. The summed E-state index contributed by atoms with van der Waals surface area (Å²) in [5.41, 5.74) is 1.69. The van der Waals surface area contributed by atoms with Gasteiger partial charge in [0.15, 0.2) is 0 Å². The van der Waals surface area contributed by atoms with Crippen molar-refractivity contribution in [3.05, 3.63) is 90.2 Å². The summed E-state index contributed by atoms with van der Waals surface area (Å²) in [4.78, 5) is 16.5. The van der Waals surface area contributed by atoms with Gasteiger partial charge in [0, 0.05) is 25.3 Å². The third-order valence-electron chi connectivity index (χ3n) is 5.04. The Balaban J connectivity index is 1.52. The van der Waals surface area contributed by atoms with Crippen molar-refractivity contribution in [2.24, 2.45) is 0 Å². The Bertz CT molecular complexity index is 1190. The van der Waals surface area contributed by atoms with Crippen LogP contribution in [0.4, 0.5) is 20.6 Å². The van der Waals surface area contributed by atoms with Crippen LogP contribution in [-0.4, -0.2) is 32.4 Å². The first-order valence-corrected chi connectivity index (χ1v) is 11.4. The zero-order valence-electron chi connectivity index (χ0n) is 16.7. The quantitative estimate of drug-likeness (QED) is 0.617. The number of urea groups is 1. The van der Waals surface area contributed by atoms with Gasteiger partial charge in [-0.15, -0.1) is 0 Å². The van der Waals surface area contributed by atoms with E-state index in [0.717, 1.165) is 12.0 Å². The molecule has 0 spiro atoms. The van der Waals surface area contributed by atoms with Crippen LogP contribution in [0.3, 0.4) is 0 Å². The lowest BCUT2D eigenvalue weighted by molar-refractivity contribution is 0.192. The first-order valence-electron chi connectivity index (χ1n) is 9.91. The molecule has 0 unspecified atom stereocenters. The minimum absolute atomic E-state index is 0.163. The maximum Gasteiger partial charge on any atom is 0.324 e. The van der Waals surface area contributed by atoms with Gasteiger partial charge < -0.3 is 4.90 Å². The lowest BCUT2D eigenvalue weighted by Gasteiger charge is -2.36. The number of hydrogen-bond acceptors (Lipinski definition) is 3. The van der Waals surface area contributed by atoms with Crippen molar-refractivity contribution in [2.45, 2.75) is 17.9 Å². The molecule has 1 N–H and O–H groups in total. The van der Waals surface area contributed by atoms with Gasteiger partial charge in [-0.1, -0.05) is 36.4 Å². The summed E-state index contributed by atoms with van der Waals surface area (Å²) < 4.78 is 41.3. The number of hydrogen-bond donors (Lipinski definition) is 1. The van der Waals surface area contributed by atoms with Crippen molar-refractivity contribution in [2.75, 3.05) is 22.7 Å². The molecule has 160 valence electrons. The highest BCUT2D eigenvalue weighted by Gasteiger charge is 2.27. The van der Waals surface area contributed by atoms with Gasteiger partial charge in [0.25, 0.3) is 10.0 Å². The van der Waals surface area contributed by atoms with Crippen LogP contribution >= 0.6 is 0 Å². The first-order chi connectivity index (χ1) is 14.9. The third kappa shape index (κ3) is 4.86. The molecule has 3 aromatic rings. The SMILES string of the molecule is O=C1N(Cc2cccc(F)c2)CCCN1c1cccc(NS(=O)(=O)c2ccccc2)c1. The van der Waals surface area contributed by atoms with Crippen molar-refractivity contribution < 1.29 is 17.6 Å². The molecular weight excluding hydrogens is 417 g/mol. The zero-order chi connectivity index (χ0) is 21.8. The van der Waals surface area contributed by atoms with Crippen molar-refractivity contribution in [3.8, 4) is 0 Å². The molecule has 4 rings (SSSR count). The van der Waals surface area contributed by atoms with E-state index in [1.807, 2.05) is 0 Å². The Morgan fingerprint density at radius 3 is 2.45 bits per heavy atom. The van der Waals surface area contributed by atoms with E-state index in [1.54, 1.807) is 64.4 Å². The minimum atomic E-state index is -3.73. The second-order valence-corrected chi connectivity index (χ2v) is 8.99. The minimum Gasteiger partial charge on any atom is -0.320 e. The summed E-state index contributed by atoms with van der Waals surface area (Å²) in [6, 6.07) is 20.9. The second kappa shape index (κ2) is 8.77. The van der Waals surface area contributed by atoms with Crippen LogP contribution in [0, 0.1) is 5.82 Å². The molecule has 6 nitrogen and oxygen atoms in total. The van der Waals surface area contributed by atoms with Crippen molar-refractivity contribution in [1.29, 1.82) is 0 Å². The standard InChI is InChI=1S/C23H22FN3O3S/c24-19-8-4-7-18(15-19)17-26-13-6-14-27(23(26)28)21-10-5-9-20(16-21)25-31(29,30)22-11-2-1-3-12-22/h1-5,7-12,15-16,25H,6,13-14,17H2. The Labute approximate surface area is 181 Å². The van der Waals surface area contributed by atoms with Gasteiger partial charge in [0.2, 0.25) is 0 Å². The van der Waals surface area contributed by atoms with Crippen molar-refractivity contribution in [1.82, 2.24) is 4.90 Å². The molecular formula is C23H22FN3O3S. The predicted octanol–water partition coefficient (Wildman–Crippen LogP) is 4.46. The third-order valence-corrected chi connectivity index (χ3v) is 6.43. The number of halogens is 1. The monoisotopic (exact) mass is 439 g/mol. The fraction of sp³-hybridized carbons (Fsp3) is 0.174. The molecule has 1 heterocycles. The molecule has 2 amide bonds. The molecule has 0 aromatic heterocycles. The van der Waals surface area contributed by atoms with Crippen LogP contribution in [0.1, 0.15) is 12.0 Å². The molecule has 0 atom stereocenters. The van der Waals surface area contributed by atoms with Crippen LogP contribution in [0.5, 0.6) is 0 Å². The molecule has 8 heteroatoms. The lowest BCUT2D eigenvalue weighted by atomic mass is 10.1. The van der Waals surface area contributed by atoms with Crippen LogP contribution < -0.4 is 9.62 Å². The largest absolute Gasteiger partial charge is 0.324 e. The molecule has 0 saturated carbocycles. The fourth-order valence-electron chi connectivity index (χ4n) is 3.57. The van der Waals surface area contributed by atoms with E-state index >= 15 is 0 Å². The molecule has 0 radical (unpaired) electrons. The van der Waals surface area contributed by atoms with E-state index in [4.69, 9.17) is 0 Å². The maximum atomic E-state index is 13.5. The number of benzene rings is 3. The van der Waals surface area contributed by atoms with E-state index < -0.39 is 10.0 Å². The van der Waals surface area contributed by atoms with Gasteiger partial charge in [-0.05, 0) is 54.4 Å². The highest BCUT2D eigenvalue weighted by Crippen LogP contribution is 2.26. The Hall–Kier alpha value is -3.39. The van der Waals surface area contributed by atoms with Crippen molar-refractivity contribution >= 4 is 27.4 Å². The molecule has 0 aliphatic carbocycles. The molecule has 1 aliphatic rings. The van der Waals surface area contributed by atoms with E-state index in [-0.39, 0.29) is 16.7 Å². The van der Waals surface area contributed by atoms with Crippen molar-refractivity contribution in [3.63, 3.8) is 0 Å². The first kappa shape index (κ1) is 20.9. The summed E-state index contributed by atoms with van der Waals surface area (Å²) in [5.74, 6) is -0.336. The summed E-state index contributed by atoms with van der Waals surface area (Å²) >= 11 is 0. The van der Waals surface area contributed by atoms with E-state index in [1.165, 1.54) is 24.3 Å². The van der Waals surface area contributed by atoms with E-state index in [2.05, 4.69) is 4.72 Å². The molecule has 3 aromatic carbocycles. The predicted molar refractivity (Wildman–Crippen MR) is 118 cm³/mol. The Morgan fingerprint density at radius 1 is 0.903 bits per heavy atom. The van der Waals surface area contributed by atoms with E-state index in [0.29, 0.717) is 31.0 Å². The smallest absolute Gasteiger partial charge is 0.320 e. The van der Waals surface area contributed by atoms with Crippen LogP contribution in [0.2, 0.25) is 0 Å². The van der Waals surface area contributed by atoms with Crippen LogP contribution in [0.25, 0.3) is 0 Å². The second-order valence-electron chi connectivity index (χ2n) is 7.31. The topological polar surface area (TPSA) is 69.7 Å². The van der Waals surface area contributed by atoms with Gasteiger partial charge in [-0.3, -0.25) is 9.62 Å². The van der Waals surface area contributed by atoms with Gasteiger partial charge >= 0.3 is 6.03 Å². The Morgan fingerprint density at radius 2 is 1.68 bits per heavy atom. The normalized spacial score (nSPS) is 14.5. The number of nitrogens with one attached hydrogen (secondary N) is 1. The summed E-state index contributed by atoms with van der Waals surface area (Å²) in [5, 5.41) is 0. The van der Waals surface area contributed by atoms with Crippen LogP contribution in [-0.2, 0) is 16.6 Å². The number of rotatable bonds is 6. The van der Waals surface area contributed by atoms with Gasteiger partial charge in [0.05, 0.1) is 10.6 Å². The number of carbonyl (C=O) groups is 1. The number of sulfonamides is 1. The van der Waals surface area contributed by atoms with Gasteiger partial charge in [-0.2, -0.15) is 0 Å². The van der Waals surface area contributed by atoms with Crippen LogP contribution in [0.15, 0.2) is 83.8 Å². The molecule has 1 aliphatic heterocycles. The molecule has 1 fully saturated rings. The van der Waals surface area contributed by atoms with Gasteiger partial charge in [0.1, 0.15) is 5.82 Å². The lowest BCUT2D eigenvalue weighted by Crippen LogP contribution is -2.49.